The van der Waals surface area contributed by atoms with Crippen LogP contribution in [-0.2, 0) is 23.2 Å². The highest BCUT2D eigenvalue weighted by Crippen LogP contribution is 2.29. The Hall–Kier alpha value is -1.19. The first-order chi connectivity index (χ1) is 9.83. The minimum absolute atomic E-state index is 0.0845. The van der Waals surface area contributed by atoms with E-state index >= 15 is 0 Å². The average molecular weight is 352 g/mol. The molecule has 0 bridgehead atoms. The molecule has 0 spiro atoms. The summed E-state index contributed by atoms with van der Waals surface area (Å²) in [5, 5.41) is 12.8. The molecule has 0 aliphatic carbocycles. The SMILES string of the molecule is Cc1nc(CNS(=O)(=O)c2cc(Cl)cc(CO)c2Cl)no1. The number of rotatable bonds is 5. The molecule has 0 aliphatic rings. The van der Waals surface area contributed by atoms with Gasteiger partial charge in [0.25, 0.3) is 0 Å². The molecule has 10 heteroatoms. The molecule has 1 aromatic heterocycles. The van der Waals surface area contributed by atoms with Crippen molar-refractivity contribution in [2.45, 2.75) is 25.0 Å². The molecule has 2 aromatic rings. The second kappa shape index (κ2) is 6.29. The van der Waals surface area contributed by atoms with E-state index in [1.165, 1.54) is 12.1 Å². The van der Waals surface area contributed by atoms with Crippen molar-refractivity contribution in [2.75, 3.05) is 0 Å². The highest BCUT2D eigenvalue weighted by atomic mass is 35.5. The number of benzene rings is 1. The van der Waals surface area contributed by atoms with Crippen LogP contribution in [0.5, 0.6) is 0 Å². The van der Waals surface area contributed by atoms with E-state index in [0.29, 0.717) is 5.89 Å². The summed E-state index contributed by atoms with van der Waals surface area (Å²) < 4.78 is 31.5. The van der Waals surface area contributed by atoms with Gasteiger partial charge in [0.15, 0.2) is 5.82 Å². The standard InChI is InChI=1S/C11H11Cl2N3O4S/c1-6-15-10(16-20-6)4-14-21(18,19)9-3-8(12)2-7(5-17)11(9)13/h2-3,14,17H,4-5H2,1H3. The molecule has 114 valence electrons. The van der Waals surface area contributed by atoms with Crippen molar-refractivity contribution in [1.82, 2.24) is 14.9 Å². The van der Waals surface area contributed by atoms with Gasteiger partial charge in [-0.2, -0.15) is 4.98 Å². The summed E-state index contributed by atoms with van der Waals surface area (Å²) in [6.07, 6.45) is 0. The molecule has 1 aromatic carbocycles. The Labute approximate surface area is 130 Å². The molecule has 0 saturated heterocycles. The number of halogens is 2. The molecule has 0 aliphatic heterocycles. The Balaban J connectivity index is 2.29. The van der Waals surface area contributed by atoms with E-state index < -0.39 is 16.6 Å². The molecule has 2 N–H and O–H groups in total. The Morgan fingerprint density at radius 3 is 2.67 bits per heavy atom. The first-order valence-corrected chi connectivity index (χ1v) is 7.95. The van der Waals surface area contributed by atoms with Crippen LogP contribution in [0.25, 0.3) is 0 Å². The third-order valence-electron chi connectivity index (χ3n) is 2.53. The number of aromatic nitrogens is 2. The summed E-state index contributed by atoms with van der Waals surface area (Å²) >= 11 is 11.8. The topological polar surface area (TPSA) is 105 Å². The number of aliphatic hydroxyl groups is 1. The molecular weight excluding hydrogens is 341 g/mol. The van der Waals surface area contributed by atoms with Gasteiger partial charge >= 0.3 is 0 Å². The molecule has 21 heavy (non-hydrogen) atoms. The molecule has 1 heterocycles. The van der Waals surface area contributed by atoms with Crippen LogP contribution in [0.15, 0.2) is 21.6 Å². The number of nitrogens with one attached hydrogen (secondary N) is 1. The largest absolute Gasteiger partial charge is 0.392 e. The minimum atomic E-state index is -3.93. The lowest BCUT2D eigenvalue weighted by Gasteiger charge is -2.10. The van der Waals surface area contributed by atoms with E-state index in [2.05, 4.69) is 14.9 Å². The number of aryl methyl sites for hydroxylation is 1. The van der Waals surface area contributed by atoms with Crippen molar-refractivity contribution in [1.29, 1.82) is 0 Å². The van der Waals surface area contributed by atoms with Gasteiger partial charge in [0, 0.05) is 11.9 Å². The predicted octanol–water partition coefficient (Wildman–Crippen LogP) is 1.66. The smallest absolute Gasteiger partial charge is 0.242 e. The van der Waals surface area contributed by atoms with Gasteiger partial charge in [-0.05, 0) is 17.7 Å². The van der Waals surface area contributed by atoms with Crippen LogP contribution in [0.3, 0.4) is 0 Å². The Kier molecular flexibility index (Phi) is 4.84. The zero-order valence-corrected chi connectivity index (χ0v) is 13.1. The lowest BCUT2D eigenvalue weighted by molar-refractivity contribution is 0.281. The van der Waals surface area contributed by atoms with Gasteiger partial charge in [-0.3, -0.25) is 0 Å². The van der Waals surface area contributed by atoms with Gasteiger partial charge in [-0.15, -0.1) is 0 Å². The maximum atomic E-state index is 12.2. The summed E-state index contributed by atoms with van der Waals surface area (Å²) in [6, 6.07) is 2.60. The zero-order valence-electron chi connectivity index (χ0n) is 10.8. The summed E-state index contributed by atoms with van der Waals surface area (Å²) in [7, 11) is -3.93. The molecule has 7 nitrogen and oxygen atoms in total. The van der Waals surface area contributed by atoms with Gasteiger partial charge in [-0.1, -0.05) is 28.4 Å². The third-order valence-corrected chi connectivity index (χ3v) is 4.73. The molecule has 0 atom stereocenters. The van der Waals surface area contributed by atoms with Gasteiger partial charge in [0.2, 0.25) is 15.9 Å². The molecule has 0 radical (unpaired) electrons. The van der Waals surface area contributed by atoms with Crippen molar-refractivity contribution in [2.24, 2.45) is 0 Å². The van der Waals surface area contributed by atoms with E-state index in [1.807, 2.05) is 0 Å². The first-order valence-electron chi connectivity index (χ1n) is 5.71. The Bertz CT molecular complexity index is 761. The van der Waals surface area contributed by atoms with Crippen LogP contribution < -0.4 is 4.72 Å². The maximum Gasteiger partial charge on any atom is 0.242 e. The van der Waals surface area contributed by atoms with E-state index in [0.717, 1.165) is 0 Å². The number of hydrogen-bond donors (Lipinski definition) is 2. The minimum Gasteiger partial charge on any atom is -0.392 e. The van der Waals surface area contributed by atoms with E-state index in [-0.39, 0.29) is 32.9 Å². The van der Waals surface area contributed by atoms with Crippen LogP contribution in [0.4, 0.5) is 0 Å². The van der Waals surface area contributed by atoms with Crippen molar-refractivity contribution in [3.8, 4) is 0 Å². The molecule has 0 amide bonds. The molecule has 0 unspecified atom stereocenters. The fourth-order valence-corrected chi connectivity index (χ4v) is 3.48. The molecule has 0 fully saturated rings. The Morgan fingerprint density at radius 1 is 1.38 bits per heavy atom. The summed E-state index contributed by atoms with van der Waals surface area (Å²) in [6.45, 7) is 1.01. The Morgan fingerprint density at radius 2 is 2.10 bits per heavy atom. The van der Waals surface area contributed by atoms with Gasteiger partial charge in [0.05, 0.1) is 18.2 Å². The van der Waals surface area contributed by atoms with Gasteiger partial charge in [0.1, 0.15) is 4.90 Å². The van der Waals surface area contributed by atoms with Crippen LogP contribution in [0, 0.1) is 6.92 Å². The second-order valence-corrected chi connectivity index (χ2v) is 6.64. The molecular formula is C11H11Cl2N3O4S. The first kappa shape index (κ1) is 16.2. The van der Waals surface area contributed by atoms with Crippen LogP contribution in [-0.4, -0.2) is 23.7 Å². The van der Waals surface area contributed by atoms with Crippen molar-refractivity contribution in [3.05, 3.63) is 39.5 Å². The third kappa shape index (κ3) is 3.72. The zero-order chi connectivity index (χ0) is 15.6. The molecule has 2 rings (SSSR count). The monoisotopic (exact) mass is 351 g/mol. The number of nitrogens with zero attached hydrogens (tertiary/aromatic N) is 2. The van der Waals surface area contributed by atoms with Gasteiger partial charge < -0.3 is 9.63 Å². The number of hydrogen-bond acceptors (Lipinski definition) is 6. The average Bonchev–Trinajstić information content (AvgIpc) is 2.84. The highest BCUT2D eigenvalue weighted by Gasteiger charge is 2.21. The van der Waals surface area contributed by atoms with Crippen molar-refractivity contribution >= 4 is 33.2 Å². The summed E-state index contributed by atoms with van der Waals surface area (Å²) in [4.78, 5) is 3.66. The summed E-state index contributed by atoms with van der Waals surface area (Å²) in [5.74, 6) is 0.518. The lowest BCUT2D eigenvalue weighted by atomic mass is 10.2. The van der Waals surface area contributed by atoms with Crippen LogP contribution in [0.1, 0.15) is 17.3 Å². The molecule has 0 saturated carbocycles. The lowest BCUT2D eigenvalue weighted by Crippen LogP contribution is -2.24. The van der Waals surface area contributed by atoms with Crippen LogP contribution >= 0.6 is 23.2 Å². The second-order valence-electron chi connectivity index (χ2n) is 4.09. The van der Waals surface area contributed by atoms with E-state index in [1.54, 1.807) is 6.92 Å². The maximum absolute atomic E-state index is 12.2. The number of sulfonamides is 1. The van der Waals surface area contributed by atoms with Crippen LogP contribution in [0.2, 0.25) is 10.0 Å². The van der Waals surface area contributed by atoms with E-state index in [9.17, 15) is 8.42 Å². The quantitative estimate of drug-likeness (QED) is 0.848. The van der Waals surface area contributed by atoms with E-state index in [4.69, 9.17) is 32.8 Å². The number of aliphatic hydroxyl groups excluding tert-OH is 1. The van der Waals surface area contributed by atoms with Gasteiger partial charge in [-0.25, -0.2) is 13.1 Å². The van der Waals surface area contributed by atoms with Crippen molar-refractivity contribution in [3.63, 3.8) is 0 Å². The fourth-order valence-electron chi connectivity index (χ4n) is 1.58. The van der Waals surface area contributed by atoms with Crippen molar-refractivity contribution < 1.29 is 18.0 Å². The summed E-state index contributed by atoms with van der Waals surface area (Å²) in [5.41, 5.74) is 0.222. The predicted molar refractivity (Wildman–Crippen MR) is 75.4 cm³/mol. The fraction of sp³-hybridized carbons (Fsp3) is 0.273. The highest BCUT2D eigenvalue weighted by molar-refractivity contribution is 7.89. The normalized spacial score (nSPS) is 11.8.